The van der Waals surface area contributed by atoms with Crippen molar-refractivity contribution in [1.82, 2.24) is 19.8 Å². The molecule has 0 fully saturated rings. The Kier molecular flexibility index (Phi) is 5.48. The van der Waals surface area contributed by atoms with E-state index >= 15 is 0 Å². The Morgan fingerprint density at radius 3 is 2.70 bits per heavy atom. The number of hydrogen-bond acceptors (Lipinski definition) is 4. The minimum absolute atomic E-state index is 0.186. The molecule has 0 saturated carbocycles. The van der Waals surface area contributed by atoms with E-state index in [1.165, 1.54) is 11.0 Å². The van der Waals surface area contributed by atoms with Crippen LogP contribution in [0.4, 0.5) is 10.6 Å². The maximum absolute atomic E-state index is 12.2. The molecule has 2 N–H and O–H groups in total. The third kappa shape index (κ3) is 5.23. The van der Waals surface area contributed by atoms with Gasteiger partial charge in [0.2, 0.25) is 5.56 Å². The first-order chi connectivity index (χ1) is 10.9. The zero-order valence-electron chi connectivity index (χ0n) is 13.5. The summed E-state index contributed by atoms with van der Waals surface area (Å²) in [7, 11) is 5.62. The number of H-pyrrole nitrogens is 1. The van der Waals surface area contributed by atoms with Crippen molar-refractivity contribution in [2.45, 2.75) is 13.1 Å². The molecule has 0 aliphatic heterocycles. The largest absolute Gasteiger partial charge is 0.324 e. The topological polar surface area (TPSA) is 81.3 Å². The summed E-state index contributed by atoms with van der Waals surface area (Å²) in [6.45, 7) is 1.08. The zero-order valence-corrected chi connectivity index (χ0v) is 13.5. The Bertz CT molecular complexity index is 726. The van der Waals surface area contributed by atoms with Crippen molar-refractivity contribution in [2.24, 2.45) is 0 Å². The molecule has 7 nitrogen and oxygen atoms in total. The average molecular weight is 315 g/mol. The Morgan fingerprint density at radius 1 is 1.22 bits per heavy atom. The van der Waals surface area contributed by atoms with Gasteiger partial charge in [-0.2, -0.15) is 0 Å². The summed E-state index contributed by atoms with van der Waals surface area (Å²) in [5.74, 6) is 0.503. The van der Waals surface area contributed by atoms with E-state index in [4.69, 9.17) is 0 Å². The van der Waals surface area contributed by atoms with Crippen LogP contribution in [0.5, 0.6) is 0 Å². The van der Waals surface area contributed by atoms with Crippen LogP contribution in [0.15, 0.2) is 41.3 Å². The number of anilines is 1. The van der Waals surface area contributed by atoms with Crippen LogP contribution in [0.3, 0.4) is 0 Å². The highest BCUT2D eigenvalue weighted by molar-refractivity contribution is 5.88. The monoisotopic (exact) mass is 315 g/mol. The van der Waals surface area contributed by atoms with Crippen LogP contribution in [0.25, 0.3) is 0 Å². The third-order valence-electron chi connectivity index (χ3n) is 3.14. The third-order valence-corrected chi connectivity index (χ3v) is 3.14. The van der Waals surface area contributed by atoms with E-state index in [0.29, 0.717) is 18.1 Å². The summed E-state index contributed by atoms with van der Waals surface area (Å²) in [6, 6.07) is 8.32. The van der Waals surface area contributed by atoms with E-state index in [9.17, 15) is 9.59 Å². The SMILES string of the molecule is CN(C)Cc1ccnc(NC(=O)N(C)Cc2cccc(=O)[nH]2)c1. The predicted octanol–water partition coefficient (Wildman–Crippen LogP) is 1.50. The molecule has 0 saturated heterocycles. The van der Waals surface area contributed by atoms with Crippen molar-refractivity contribution in [3.8, 4) is 0 Å². The minimum atomic E-state index is -0.288. The van der Waals surface area contributed by atoms with Crippen molar-refractivity contribution < 1.29 is 4.79 Å². The van der Waals surface area contributed by atoms with Crippen LogP contribution in [-0.4, -0.2) is 46.9 Å². The molecule has 0 aliphatic carbocycles. The molecule has 2 aromatic heterocycles. The fraction of sp³-hybridized carbons (Fsp3) is 0.312. The first-order valence-electron chi connectivity index (χ1n) is 7.24. The van der Waals surface area contributed by atoms with Gasteiger partial charge >= 0.3 is 6.03 Å². The van der Waals surface area contributed by atoms with Crippen LogP contribution in [-0.2, 0) is 13.1 Å². The molecule has 7 heteroatoms. The molecule has 2 rings (SSSR count). The van der Waals surface area contributed by atoms with Gasteiger partial charge in [-0.3, -0.25) is 10.1 Å². The van der Waals surface area contributed by atoms with Crippen LogP contribution in [0.2, 0.25) is 0 Å². The van der Waals surface area contributed by atoms with Gasteiger partial charge in [0.15, 0.2) is 0 Å². The predicted molar refractivity (Wildman–Crippen MR) is 89.2 cm³/mol. The van der Waals surface area contributed by atoms with Crippen LogP contribution in [0.1, 0.15) is 11.3 Å². The molecule has 2 amide bonds. The maximum Gasteiger partial charge on any atom is 0.323 e. The highest BCUT2D eigenvalue weighted by Crippen LogP contribution is 2.09. The summed E-state index contributed by atoms with van der Waals surface area (Å²) in [4.78, 5) is 33.8. The summed E-state index contributed by atoms with van der Waals surface area (Å²) in [6.07, 6.45) is 1.67. The van der Waals surface area contributed by atoms with E-state index in [0.717, 1.165) is 12.1 Å². The van der Waals surface area contributed by atoms with E-state index in [1.807, 2.05) is 31.1 Å². The van der Waals surface area contributed by atoms with Crippen molar-refractivity contribution >= 4 is 11.8 Å². The standard InChI is InChI=1S/C16H21N5O2/c1-20(2)10-12-7-8-17-14(9-12)19-16(23)21(3)11-13-5-4-6-15(22)18-13/h4-9H,10-11H2,1-3H3,(H,18,22)(H,17,19,23). The Labute approximate surface area is 135 Å². The molecule has 23 heavy (non-hydrogen) atoms. The Morgan fingerprint density at radius 2 is 2.00 bits per heavy atom. The van der Waals surface area contributed by atoms with Gasteiger partial charge in [0.05, 0.1) is 6.54 Å². The second-order valence-corrected chi connectivity index (χ2v) is 5.61. The number of aromatic amines is 1. The number of carbonyl (C=O) groups is 1. The molecule has 0 bridgehead atoms. The van der Waals surface area contributed by atoms with Gasteiger partial charge in [0.25, 0.3) is 0 Å². The van der Waals surface area contributed by atoms with Gasteiger partial charge in [-0.05, 0) is 37.9 Å². The second-order valence-electron chi connectivity index (χ2n) is 5.61. The molecule has 2 aromatic rings. The molecule has 0 unspecified atom stereocenters. The number of nitrogens with one attached hydrogen (secondary N) is 2. The number of pyridine rings is 2. The number of hydrogen-bond donors (Lipinski definition) is 2. The maximum atomic E-state index is 12.2. The summed E-state index contributed by atoms with van der Waals surface area (Å²) in [5.41, 5.74) is 1.55. The number of aromatic nitrogens is 2. The van der Waals surface area contributed by atoms with E-state index in [2.05, 4.69) is 15.3 Å². The van der Waals surface area contributed by atoms with E-state index in [-0.39, 0.29) is 11.6 Å². The number of rotatable bonds is 5. The summed E-state index contributed by atoms with van der Waals surface area (Å²) < 4.78 is 0. The molecule has 0 spiro atoms. The van der Waals surface area contributed by atoms with Gasteiger partial charge in [0.1, 0.15) is 5.82 Å². The smallest absolute Gasteiger partial charge is 0.323 e. The summed E-state index contributed by atoms with van der Waals surface area (Å²) in [5, 5.41) is 2.76. The van der Waals surface area contributed by atoms with Crippen molar-refractivity contribution in [2.75, 3.05) is 26.5 Å². The lowest BCUT2D eigenvalue weighted by Gasteiger charge is -2.18. The van der Waals surface area contributed by atoms with Crippen molar-refractivity contribution in [3.63, 3.8) is 0 Å². The van der Waals surface area contributed by atoms with Crippen LogP contribution >= 0.6 is 0 Å². The normalized spacial score (nSPS) is 10.6. The first-order valence-corrected chi connectivity index (χ1v) is 7.24. The van der Waals surface area contributed by atoms with Crippen molar-refractivity contribution in [1.29, 1.82) is 0 Å². The fourth-order valence-electron chi connectivity index (χ4n) is 2.12. The van der Waals surface area contributed by atoms with Gasteiger partial charge in [0, 0.05) is 31.5 Å². The van der Waals surface area contributed by atoms with Gasteiger partial charge in [-0.1, -0.05) is 6.07 Å². The molecule has 0 aliphatic rings. The Balaban J connectivity index is 1.99. The van der Waals surface area contributed by atoms with Crippen LogP contribution in [0, 0.1) is 0 Å². The number of nitrogens with zero attached hydrogens (tertiary/aromatic N) is 3. The molecule has 2 heterocycles. The van der Waals surface area contributed by atoms with Gasteiger partial charge in [-0.15, -0.1) is 0 Å². The van der Waals surface area contributed by atoms with Crippen LogP contribution < -0.4 is 10.9 Å². The van der Waals surface area contributed by atoms with Gasteiger partial charge in [-0.25, -0.2) is 9.78 Å². The number of carbonyl (C=O) groups excluding carboxylic acids is 1. The number of amides is 2. The lowest BCUT2D eigenvalue weighted by atomic mass is 10.2. The molecule has 0 aromatic carbocycles. The average Bonchev–Trinajstić information content (AvgIpc) is 2.46. The molecule has 0 radical (unpaired) electrons. The van der Waals surface area contributed by atoms with E-state index in [1.54, 1.807) is 25.4 Å². The molecule has 122 valence electrons. The highest BCUT2D eigenvalue weighted by atomic mass is 16.2. The van der Waals surface area contributed by atoms with E-state index < -0.39 is 0 Å². The molecular formula is C16H21N5O2. The highest BCUT2D eigenvalue weighted by Gasteiger charge is 2.11. The van der Waals surface area contributed by atoms with Gasteiger partial charge < -0.3 is 14.8 Å². The van der Waals surface area contributed by atoms with Crippen molar-refractivity contribution in [3.05, 3.63) is 58.1 Å². The zero-order chi connectivity index (χ0) is 16.8. The Hall–Kier alpha value is -2.67. The minimum Gasteiger partial charge on any atom is -0.324 e. The number of urea groups is 1. The lowest BCUT2D eigenvalue weighted by molar-refractivity contribution is 0.220. The first kappa shape index (κ1) is 16.7. The molecular weight excluding hydrogens is 294 g/mol. The quantitative estimate of drug-likeness (QED) is 0.876. The summed E-state index contributed by atoms with van der Waals surface area (Å²) >= 11 is 0. The fourth-order valence-corrected chi connectivity index (χ4v) is 2.12. The molecule has 0 atom stereocenters. The second kappa shape index (κ2) is 7.55. The lowest BCUT2D eigenvalue weighted by Crippen LogP contribution is -2.32.